The van der Waals surface area contributed by atoms with Gasteiger partial charge in [0.05, 0.1) is 5.71 Å². The molecule has 1 fully saturated rings. The summed E-state index contributed by atoms with van der Waals surface area (Å²) in [5, 5.41) is 13.0. The fourth-order valence-electron chi connectivity index (χ4n) is 2.34. The van der Waals surface area contributed by atoms with Gasteiger partial charge >= 0.3 is 0 Å². The van der Waals surface area contributed by atoms with E-state index in [9.17, 15) is 9.90 Å². The van der Waals surface area contributed by atoms with E-state index in [0.29, 0.717) is 12.1 Å². The molecule has 2 atom stereocenters. The summed E-state index contributed by atoms with van der Waals surface area (Å²) in [7, 11) is 0. The number of carbonyl (C=O) groups excluding carboxylic acids is 1. The summed E-state index contributed by atoms with van der Waals surface area (Å²) in [4.78, 5) is 16.2. The molecule has 1 amide bonds. The normalized spacial score (nSPS) is 35.5. The molecule has 1 aliphatic carbocycles. The van der Waals surface area contributed by atoms with Gasteiger partial charge in [-0.3, -0.25) is 9.79 Å². The molecule has 0 aromatic heterocycles. The minimum Gasteiger partial charge on any atom is -0.374 e. The van der Waals surface area contributed by atoms with Crippen LogP contribution in [0.1, 0.15) is 45.4 Å². The smallest absolute Gasteiger partial charge is 0.259 e. The van der Waals surface area contributed by atoms with E-state index in [-0.39, 0.29) is 12.1 Å². The first-order valence-corrected chi connectivity index (χ1v) is 5.77. The molecule has 4 heteroatoms. The number of aliphatic hydroxyl groups is 1. The Morgan fingerprint density at radius 3 is 3.13 bits per heavy atom. The van der Waals surface area contributed by atoms with Gasteiger partial charge in [-0.1, -0.05) is 13.3 Å². The molecule has 84 valence electrons. The van der Waals surface area contributed by atoms with Crippen molar-refractivity contribution >= 4 is 11.6 Å². The van der Waals surface area contributed by atoms with E-state index in [2.05, 4.69) is 17.2 Å². The van der Waals surface area contributed by atoms with Gasteiger partial charge in [-0.05, 0) is 32.1 Å². The zero-order valence-electron chi connectivity index (χ0n) is 9.12. The summed E-state index contributed by atoms with van der Waals surface area (Å²) in [5.74, 6) is -0.245. The van der Waals surface area contributed by atoms with E-state index in [1.54, 1.807) is 0 Å². The second kappa shape index (κ2) is 3.93. The van der Waals surface area contributed by atoms with E-state index < -0.39 is 5.60 Å². The van der Waals surface area contributed by atoms with Crippen molar-refractivity contribution in [2.24, 2.45) is 4.99 Å². The van der Waals surface area contributed by atoms with Crippen molar-refractivity contribution in [1.82, 2.24) is 5.32 Å². The Morgan fingerprint density at radius 1 is 1.60 bits per heavy atom. The van der Waals surface area contributed by atoms with Crippen molar-refractivity contribution in [2.45, 2.75) is 57.2 Å². The molecule has 2 unspecified atom stereocenters. The maximum atomic E-state index is 11.8. The first-order valence-electron chi connectivity index (χ1n) is 5.77. The Hall–Kier alpha value is -0.900. The fraction of sp³-hybridized carbons (Fsp3) is 0.818. The van der Waals surface area contributed by atoms with Crippen LogP contribution in [-0.2, 0) is 4.79 Å². The molecule has 2 N–H and O–H groups in total. The van der Waals surface area contributed by atoms with E-state index in [1.807, 2.05) is 0 Å². The number of nitrogens with zero attached hydrogens (tertiary/aromatic N) is 1. The molecule has 0 aromatic carbocycles. The maximum absolute atomic E-state index is 11.8. The Morgan fingerprint density at radius 2 is 2.40 bits per heavy atom. The molecule has 0 aromatic rings. The van der Waals surface area contributed by atoms with Gasteiger partial charge in [0.25, 0.3) is 5.91 Å². The van der Waals surface area contributed by atoms with Crippen molar-refractivity contribution in [3.05, 3.63) is 0 Å². The molecule has 1 heterocycles. The average molecular weight is 210 g/mol. The van der Waals surface area contributed by atoms with Crippen LogP contribution < -0.4 is 5.32 Å². The number of fused-ring (bicyclic) bond motifs is 1. The molecule has 15 heavy (non-hydrogen) atoms. The molecule has 1 saturated carbocycles. The monoisotopic (exact) mass is 210 g/mol. The lowest BCUT2D eigenvalue weighted by atomic mass is 9.81. The summed E-state index contributed by atoms with van der Waals surface area (Å²) < 4.78 is 0. The third-order valence-corrected chi connectivity index (χ3v) is 3.23. The molecule has 0 bridgehead atoms. The molecule has 4 nitrogen and oxygen atoms in total. The van der Waals surface area contributed by atoms with E-state index in [4.69, 9.17) is 0 Å². The highest BCUT2D eigenvalue weighted by Gasteiger charge is 2.46. The molecule has 0 spiro atoms. The average Bonchev–Trinajstić information content (AvgIpc) is 2.20. The second-order valence-electron chi connectivity index (χ2n) is 4.42. The molecule has 1 aliphatic heterocycles. The molecular weight excluding hydrogens is 192 g/mol. The van der Waals surface area contributed by atoms with Crippen molar-refractivity contribution in [3.8, 4) is 0 Å². The molecule has 0 saturated heterocycles. The van der Waals surface area contributed by atoms with Crippen LogP contribution in [0.5, 0.6) is 0 Å². The lowest BCUT2D eigenvalue weighted by molar-refractivity contribution is -0.136. The number of aliphatic imine (C=N–C) groups is 1. The van der Waals surface area contributed by atoms with Crippen LogP contribution in [0.25, 0.3) is 0 Å². The largest absolute Gasteiger partial charge is 0.374 e. The minimum atomic E-state index is -1.29. The fourth-order valence-corrected chi connectivity index (χ4v) is 2.34. The van der Waals surface area contributed by atoms with Crippen LogP contribution in [0, 0.1) is 0 Å². The Labute approximate surface area is 89.8 Å². The van der Waals surface area contributed by atoms with Crippen LogP contribution in [0.4, 0.5) is 0 Å². The van der Waals surface area contributed by atoms with Crippen LogP contribution in [-0.4, -0.2) is 28.5 Å². The van der Waals surface area contributed by atoms with Crippen LogP contribution >= 0.6 is 0 Å². The zero-order valence-corrected chi connectivity index (χ0v) is 9.12. The van der Waals surface area contributed by atoms with Crippen molar-refractivity contribution < 1.29 is 9.90 Å². The SMILES string of the molecule is CCCC1N=C2CCCCC2(O)C(=O)N1. The van der Waals surface area contributed by atoms with Gasteiger partial charge in [-0.15, -0.1) is 0 Å². The zero-order chi connectivity index (χ0) is 10.9. The first kappa shape index (κ1) is 10.6. The molecule has 2 rings (SSSR count). The summed E-state index contributed by atoms with van der Waals surface area (Å²) in [6, 6.07) is 0. The highest BCUT2D eigenvalue weighted by atomic mass is 16.3. The standard InChI is InChI=1S/C11H18N2O2/c1-2-5-9-12-8-6-3-4-7-11(8,15)10(14)13-9/h9,15H,2-7H2,1H3,(H,13,14). The number of rotatable bonds is 2. The third kappa shape index (κ3) is 1.78. The van der Waals surface area contributed by atoms with Crippen LogP contribution in [0.2, 0.25) is 0 Å². The van der Waals surface area contributed by atoms with Gasteiger partial charge in [-0.25, -0.2) is 0 Å². The summed E-state index contributed by atoms with van der Waals surface area (Å²) >= 11 is 0. The van der Waals surface area contributed by atoms with Crippen molar-refractivity contribution in [2.75, 3.05) is 0 Å². The Kier molecular flexibility index (Phi) is 2.78. The van der Waals surface area contributed by atoms with Gasteiger partial charge in [0, 0.05) is 0 Å². The number of nitrogens with one attached hydrogen (secondary N) is 1. The van der Waals surface area contributed by atoms with Crippen LogP contribution in [0.3, 0.4) is 0 Å². The van der Waals surface area contributed by atoms with E-state index >= 15 is 0 Å². The maximum Gasteiger partial charge on any atom is 0.259 e. The predicted molar refractivity (Wildman–Crippen MR) is 57.7 cm³/mol. The van der Waals surface area contributed by atoms with E-state index in [0.717, 1.165) is 32.1 Å². The quantitative estimate of drug-likeness (QED) is 0.714. The Balaban J connectivity index is 2.23. The van der Waals surface area contributed by atoms with Gasteiger partial charge in [0.1, 0.15) is 6.17 Å². The first-order chi connectivity index (χ1) is 7.16. The molecule has 0 radical (unpaired) electrons. The molecular formula is C11H18N2O2. The lowest BCUT2D eigenvalue weighted by Gasteiger charge is -2.37. The number of carbonyl (C=O) groups is 1. The lowest BCUT2D eigenvalue weighted by Crippen LogP contribution is -2.60. The van der Waals surface area contributed by atoms with Gasteiger partial charge in [-0.2, -0.15) is 0 Å². The number of hydrogen-bond donors (Lipinski definition) is 2. The number of amides is 1. The topological polar surface area (TPSA) is 61.7 Å². The highest BCUT2D eigenvalue weighted by Crippen LogP contribution is 2.29. The van der Waals surface area contributed by atoms with Crippen LogP contribution in [0.15, 0.2) is 4.99 Å². The molecule has 2 aliphatic rings. The Bertz CT molecular complexity index is 301. The summed E-state index contributed by atoms with van der Waals surface area (Å²) in [6.07, 6.45) is 4.96. The van der Waals surface area contributed by atoms with Gasteiger partial charge in [0.15, 0.2) is 5.60 Å². The van der Waals surface area contributed by atoms with Gasteiger partial charge in [0.2, 0.25) is 0 Å². The minimum absolute atomic E-state index is 0.115. The summed E-state index contributed by atoms with van der Waals surface area (Å²) in [5.41, 5.74) is -0.585. The third-order valence-electron chi connectivity index (χ3n) is 3.23. The second-order valence-corrected chi connectivity index (χ2v) is 4.42. The number of hydrogen-bond acceptors (Lipinski definition) is 3. The summed E-state index contributed by atoms with van der Waals surface area (Å²) in [6.45, 7) is 2.06. The van der Waals surface area contributed by atoms with E-state index in [1.165, 1.54) is 0 Å². The predicted octanol–water partition coefficient (Wildman–Crippen LogP) is 0.988. The highest BCUT2D eigenvalue weighted by molar-refractivity contribution is 6.13. The van der Waals surface area contributed by atoms with Gasteiger partial charge < -0.3 is 10.4 Å². The van der Waals surface area contributed by atoms with Crippen molar-refractivity contribution in [1.29, 1.82) is 0 Å². The van der Waals surface area contributed by atoms with Crippen molar-refractivity contribution in [3.63, 3.8) is 0 Å².